The summed E-state index contributed by atoms with van der Waals surface area (Å²) < 4.78 is 0. The Kier molecular flexibility index (Phi) is 3.66. The van der Waals surface area contributed by atoms with Crippen molar-refractivity contribution in [1.82, 2.24) is 0 Å². The average Bonchev–Trinajstić information content (AvgIpc) is 3.24. The van der Waals surface area contributed by atoms with E-state index in [1.807, 2.05) is 0 Å². The van der Waals surface area contributed by atoms with Crippen molar-refractivity contribution in [2.24, 2.45) is 17.6 Å². The van der Waals surface area contributed by atoms with Gasteiger partial charge in [-0.3, -0.25) is 0 Å². The maximum absolute atomic E-state index is 6.76. The van der Waals surface area contributed by atoms with Crippen molar-refractivity contribution < 1.29 is 0 Å². The van der Waals surface area contributed by atoms with E-state index in [4.69, 9.17) is 5.73 Å². The molecule has 2 aliphatic rings. The van der Waals surface area contributed by atoms with Crippen LogP contribution >= 0.6 is 0 Å². The van der Waals surface area contributed by atoms with Crippen molar-refractivity contribution in [2.75, 3.05) is 0 Å². The van der Waals surface area contributed by atoms with Gasteiger partial charge in [-0.05, 0) is 55.1 Å². The summed E-state index contributed by atoms with van der Waals surface area (Å²) in [5.41, 5.74) is 9.54. The van der Waals surface area contributed by atoms with Gasteiger partial charge in [-0.2, -0.15) is 0 Å². The van der Waals surface area contributed by atoms with Crippen molar-refractivity contribution in [1.29, 1.82) is 0 Å². The number of nitrogens with two attached hydrogens (primary N) is 1. The standard InChI is InChI=1S/C18H27N/c1-2-4-14-6-10-17(11-7-14)18(19)12-3-5-16(13-18)15-8-9-15/h6-7,10-11,15-16H,2-5,8-9,12-13,19H2,1H3. The lowest BCUT2D eigenvalue weighted by atomic mass is 9.71. The molecule has 0 amide bonds. The van der Waals surface area contributed by atoms with E-state index in [-0.39, 0.29) is 5.54 Å². The molecule has 3 rings (SSSR count). The van der Waals surface area contributed by atoms with Crippen molar-refractivity contribution in [2.45, 2.75) is 63.8 Å². The second kappa shape index (κ2) is 5.28. The van der Waals surface area contributed by atoms with E-state index >= 15 is 0 Å². The molecule has 1 aromatic rings. The Labute approximate surface area is 117 Å². The van der Waals surface area contributed by atoms with Crippen molar-refractivity contribution >= 4 is 0 Å². The van der Waals surface area contributed by atoms with E-state index in [0.29, 0.717) is 0 Å². The zero-order chi connectivity index (χ0) is 13.3. The van der Waals surface area contributed by atoms with Gasteiger partial charge in [0.05, 0.1) is 0 Å². The summed E-state index contributed by atoms with van der Waals surface area (Å²) >= 11 is 0. The predicted molar refractivity (Wildman–Crippen MR) is 81.0 cm³/mol. The molecule has 104 valence electrons. The Morgan fingerprint density at radius 3 is 2.47 bits per heavy atom. The highest BCUT2D eigenvalue weighted by molar-refractivity contribution is 5.29. The first kappa shape index (κ1) is 13.2. The minimum Gasteiger partial charge on any atom is -0.321 e. The van der Waals surface area contributed by atoms with Crippen LogP contribution in [0.5, 0.6) is 0 Å². The van der Waals surface area contributed by atoms with Gasteiger partial charge in [0.15, 0.2) is 0 Å². The molecule has 0 bridgehead atoms. The van der Waals surface area contributed by atoms with Gasteiger partial charge in [0.2, 0.25) is 0 Å². The van der Waals surface area contributed by atoms with Gasteiger partial charge in [0.25, 0.3) is 0 Å². The molecule has 0 spiro atoms. The summed E-state index contributed by atoms with van der Waals surface area (Å²) in [4.78, 5) is 0. The average molecular weight is 257 g/mol. The number of aryl methyl sites for hydroxylation is 1. The van der Waals surface area contributed by atoms with Gasteiger partial charge in [0, 0.05) is 5.54 Å². The fraction of sp³-hybridized carbons (Fsp3) is 0.667. The third-order valence-corrected chi connectivity index (χ3v) is 5.18. The minimum atomic E-state index is -0.0454. The molecule has 0 aliphatic heterocycles. The van der Waals surface area contributed by atoms with Gasteiger partial charge in [0.1, 0.15) is 0 Å². The Morgan fingerprint density at radius 1 is 1.11 bits per heavy atom. The number of rotatable bonds is 4. The van der Waals surface area contributed by atoms with Crippen LogP contribution in [0.25, 0.3) is 0 Å². The zero-order valence-electron chi connectivity index (χ0n) is 12.2. The SMILES string of the molecule is CCCc1ccc(C2(N)CCCC(C3CC3)C2)cc1. The van der Waals surface area contributed by atoms with Crippen LogP contribution in [0.3, 0.4) is 0 Å². The summed E-state index contributed by atoms with van der Waals surface area (Å²) in [6, 6.07) is 9.16. The van der Waals surface area contributed by atoms with Gasteiger partial charge >= 0.3 is 0 Å². The van der Waals surface area contributed by atoms with Crippen LogP contribution in [-0.4, -0.2) is 0 Å². The molecule has 0 aromatic heterocycles. The zero-order valence-corrected chi connectivity index (χ0v) is 12.2. The third-order valence-electron chi connectivity index (χ3n) is 5.18. The number of benzene rings is 1. The van der Waals surface area contributed by atoms with Crippen LogP contribution < -0.4 is 5.73 Å². The lowest BCUT2D eigenvalue weighted by molar-refractivity contribution is 0.206. The maximum atomic E-state index is 6.76. The van der Waals surface area contributed by atoms with Crippen LogP contribution in [0.4, 0.5) is 0 Å². The molecule has 19 heavy (non-hydrogen) atoms. The largest absolute Gasteiger partial charge is 0.321 e. The van der Waals surface area contributed by atoms with Gasteiger partial charge in [-0.25, -0.2) is 0 Å². The van der Waals surface area contributed by atoms with Gasteiger partial charge < -0.3 is 5.73 Å². The van der Waals surface area contributed by atoms with Gasteiger partial charge in [-0.1, -0.05) is 50.5 Å². The number of hydrogen-bond donors (Lipinski definition) is 1. The second-order valence-corrected chi connectivity index (χ2v) is 6.80. The first-order valence-electron chi connectivity index (χ1n) is 8.09. The molecular weight excluding hydrogens is 230 g/mol. The summed E-state index contributed by atoms with van der Waals surface area (Å²) in [5.74, 6) is 1.90. The molecule has 2 saturated carbocycles. The van der Waals surface area contributed by atoms with E-state index in [1.165, 1.54) is 62.5 Å². The quantitative estimate of drug-likeness (QED) is 0.850. The predicted octanol–water partition coefficient (Wildman–Crippen LogP) is 4.39. The Bertz CT molecular complexity index is 418. The summed E-state index contributed by atoms with van der Waals surface area (Å²) in [5, 5.41) is 0. The molecule has 2 fully saturated rings. The highest BCUT2D eigenvalue weighted by Gasteiger charge is 2.40. The Balaban J connectivity index is 1.74. The smallest absolute Gasteiger partial charge is 0.0412 e. The normalized spacial score (nSPS) is 31.4. The van der Waals surface area contributed by atoms with E-state index in [2.05, 4.69) is 31.2 Å². The Morgan fingerprint density at radius 2 is 1.84 bits per heavy atom. The van der Waals surface area contributed by atoms with Crippen molar-refractivity contribution in [3.63, 3.8) is 0 Å². The van der Waals surface area contributed by atoms with Crippen LogP contribution in [-0.2, 0) is 12.0 Å². The van der Waals surface area contributed by atoms with Crippen LogP contribution in [0, 0.1) is 11.8 Å². The molecule has 2 N–H and O–H groups in total. The molecule has 2 atom stereocenters. The van der Waals surface area contributed by atoms with Crippen LogP contribution in [0.15, 0.2) is 24.3 Å². The molecular formula is C18H27N. The molecule has 1 nitrogen and oxygen atoms in total. The third kappa shape index (κ3) is 2.86. The monoisotopic (exact) mass is 257 g/mol. The number of hydrogen-bond acceptors (Lipinski definition) is 1. The second-order valence-electron chi connectivity index (χ2n) is 6.80. The topological polar surface area (TPSA) is 26.0 Å². The molecule has 1 heteroatoms. The van der Waals surface area contributed by atoms with Gasteiger partial charge in [-0.15, -0.1) is 0 Å². The lowest BCUT2D eigenvalue weighted by Gasteiger charge is -2.39. The minimum absolute atomic E-state index is 0.0454. The fourth-order valence-corrected chi connectivity index (χ4v) is 3.88. The summed E-state index contributed by atoms with van der Waals surface area (Å²) in [7, 11) is 0. The first-order chi connectivity index (χ1) is 9.21. The molecule has 2 aliphatic carbocycles. The molecule has 0 saturated heterocycles. The fourth-order valence-electron chi connectivity index (χ4n) is 3.88. The maximum Gasteiger partial charge on any atom is 0.0412 e. The van der Waals surface area contributed by atoms with Crippen LogP contribution in [0.2, 0.25) is 0 Å². The molecule has 0 heterocycles. The molecule has 0 radical (unpaired) electrons. The van der Waals surface area contributed by atoms with E-state index in [1.54, 1.807) is 0 Å². The Hall–Kier alpha value is -0.820. The highest BCUT2D eigenvalue weighted by Crippen LogP contribution is 2.48. The molecule has 1 aromatic carbocycles. The van der Waals surface area contributed by atoms with E-state index < -0.39 is 0 Å². The highest BCUT2D eigenvalue weighted by atomic mass is 14.8. The van der Waals surface area contributed by atoms with E-state index in [0.717, 1.165) is 11.8 Å². The van der Waals surface area contributed by atoms with Crippen LogP contribution in [0.1, 0.15) is 63.0 Å². The summed E-state index contributed by atoms with van der Waals surface area (Å²) in [6.45, 7) is 2.24. The van der Waals surface area contributed by atoms with Crippen molar-refractivity contribution in [3.8, 4) is 0 Å². The lowest BCUT2D eigenvalue weighted by Crippen LogP contribution is -2.41. The van der Waals surface area contributed by atoms with Crippen molar-refractivity contribution in [3.05, 3.63) is 35.4 Å². The molecule has 2 unspecified atom stereocenters. The first-order valence-corrected chi connectivity index (χ1v) is 8.09. The summed E-state index contributed by atoms with van der Waals surface area (Å²) in [6.07, 6.45) is 10.4. The van der Waals surface area contributed by atoms with E-state index in [9.17, 15) is 0 Å².